The van der Waals surface area contributed by atoms with E-state index in [9.17, 15) is 24.3 Å². The van der Waals surface area contributed by atoms with Crippen LogP contribution in [0.25, 0.3) is 0 Å². The van der Waals surface area contributed by atoms with Crippen molar-refractivity contribution in [3.8, 4) is 5.75 Å². The molecule has 3 atom stereocenters. The number of hydrogen-bond acceptors (Lipinski definition) is 8. The van der Waals surface area contributed by atoms with Crippen molar-refractivity contribution in [2.24, 2.45) is 0 Å². The van der Waals surface area contributed by atoms with E-state index < -0.39 is 42.4 Å². The molecule has 248 valence electrons. The van der Waals surface area contributed by atoms with Gasteiger partial charge in [0.25, 0.3) is 0 Å². The number of rotatable bonds is 17. The molecule has 3 unspecified atom stereocenters. The molecule has 11 nitrogen and oxygen atoms in total. The van der Waals surface area contributed by atoms with E-state index in [0.29, 0.717) is 26.1 Å². The number of carbonyl (C=O) groups is 4. The van der Waals surface area contributed by atoms with Crippen molar-refractivity contribution in [2.45, 2.75) is 76.6 Å². The minimum Gasteiger partial charge on any atom is -0.497 e. The van der Waals surface area contributed by atoms with Gasteiger partial charge in [0.05, 0.1) is 25.9 Å². The van der Waals surface area contributed by atoms with E-state index in [2.05, 4.69) is 16.0 Å². The Bertz CT molecular complexity index is 1210. The van der Waals surface area contributed by atoms with Crippen LogP contribution in [-0.2, 0) is 36.9 Å². The van der Waals surface area contributed by atoms with Gasteiger partial charge in [-0.25, -0.2) is 0 Å². The number of hydrogen-bond donors (Lipinski definition) is 4. The number of aliphatic hydroxyl groups is 1. The highest BCUT2D eigenvalue weighted by atomic mass is 35.5. The molecular formula is C33H47ClN4O7. The number of benzene rings is 2. The highest BCUT2D eigenvalue weighted by molar-refractivity contribution is 5.97. The highest BCUT2D eigenvalue weighted by Crippen LogP contribution is 2.14. The molecule has 3 rings (SSSR count). The lowest BCUT2D eigenvalue weighted by Crippen LogP contribution is -2.55. The van der Waals surface area contributed by atoms with Gasteiger partial charge in [0.2, 0.25) is 17.7 Å². The zero-order valence-electron chi connectivity index (χ0n) is 26.2. The van der Waals surface area contributed by atoms with Crippen LogP contribution in [0.5, 0.6) is 5.75 Å². The molecule has 0 aliphatic carbocycles. The summed E-state index contributed by atoms with van der Waals surface area (Å²) in [6.07, 6.45) is 1.90. The Morgan fingerprint density at radius 2 is 1.67 bits per heavy atom. The van der Waals surface area contributed by atoms with Gasteiger partial charge >= 0.3 is 5.97 Å². The zero-order chi connectivity index (χ0) is 31.7. The van der Waals surface area contributed by atoms with E-state index in [4.69, 9.17) is 9.47 Å². The number of aliphatic hydroxyl groups excluding tert-OH is 1. The molecule has 0 saturated carbocycles. The molecule has 1 heterocycles. The molecule has 0 radical (unpaired) electrons. The number of carbonyl (C=O) groups excluding carboxylic acids is 4. The number of nitrogens with one attached hydrogen (secondary N) is 3. The minimum atomic E-state index is -1.08. The van der Waals surface area contributed by atoms with Gasteiger partial charge in [0.15, 0.2) is 0 Å². The largest absolute Gasteiger partial charge is 0.497 e. The van der Waals surface area contributed by atoms with Crippen LogP contribution in [0.3, 0.4) is 0 Å². The van der Waals surface area contributed by atoms with Crippen LogP contribution in [0.1, 0.15) is 56.6 Å². The van der Waals surface area contributed by atoms with Gasteiger partial charge in [-0.2, -0.15) is 0 Å². The summed E-state index contributed by atoms with van der Waals surface area (Å²) in [5.74, 6) is -1.26. The third kappa shape index (κ3) is 13.5. The molecule has 3 amide bonds. The average molecular weight is 647 g/mol. The maximum Gasteiger partial charge on any atom is 0.315 e. The molecule has 45 heavy (non-hydrogen) atoms. The summed E-state index contributed by atoms with van der Waals surface area (Å²) in [6.45, 7) is 3.79. The number of nitrogens with zero attached hydrogens (tertiary/aromatic N) is 1. The van der Waals surface area contributed by atoms with Crippen LogP contribution in [0.4, 0.5) is 0 Å². The van der Waals surface area contributed by atoms with Crippen LogP contribution in [0, 0.1) is 0 Å². The van der Waals surface area contributed by atoms with Crippen LogP contribution < -0.4 is 20.7 Å². The maximum absolute atomic E-state index is 13.6. The van der Waals surface area contributed by atoms with Crippen molar-refractivity contribution >= 4 is 36.1 Å². The third-order valence-corrected chi connectivity index (χ3v) is 7.52. The second-order valence-electron chi connectivity index (χ2n) is 10.9. The van der Waals surface area contributed by atoms with Crippen LogP contribution >= 0.6 is 12.4 Å². The molecule has 1 saturated heterocycles. The van der Waals surface area contributed by atoms with Gasteiger partial charge in [0, 0.05) is 32.6 Å². The summed E-state index contributed by atoms with van der Waals surface area (Å²) in [5.41, 5.74) is 1.88. The van der Waals surface area contributed by atoms with Crippen molar-refractivity contribution in [1.82, 2.24) is 20.9 Å². The average Bonchev–Trinajstić information content (AvgIpc) is 3.03. The standard InChI is InChI=1S/C33H46N4O7.ClH/c1-3-44-32(41)21-30(39)35-27(15-16-31(40)37-17-8-5-9-18-37)33(42)36-28(20-24-11-6-4-7-12-24)29(38)23-34-22-25-13-10-14-26(19-25)43-2;/h4,6-7,10-14,19,27-29,34,38H,3,5,8-9,15-18,20-23H2,1-2H3,(H,35,39)(H,36,42);1H. The minimum absolute atomic E-state index is 0. The summed E-state index contributed by atoms with van der Waals surface area (Å²) in [7, 11) is 1.60. The van der Waals surface area contributed by atoms with Gasteiger partial charge in [-0.05, 0) is 62.3 Å². The van der Waals surface area contributed by atoms with Crippen LogP contribution in [0.15, 0.2) is 54.6 Å². The first-order valence-corrected chi connectivity index (χ1v) is 15.4. The van der Waals surface area contributed by atoms with Crippen molar-refractivity contribution in [3.05, 3.63) is 65.7 Å². The van der Waals surface area contributed by atoms with Gasteiger partial charge in [-0.1, -0.05) is 42.5 Å². The van der Waals surface area contributed by atoms with E-state index in [0.717, 1.165) is 36.1 Å². The number of ether oxygens (including phenoxy) is 2. The van der Waals surface area contributed by atoms with Gasteiger partial charge in [-0.15, -0.1) is 12.4 Å². The van der Waals surface area contributed by atoms with Gasteiger partial charge < -0.3 is 35.4 Å². The number of piperidine rings is 1. The van der Waals surface area contributed by atoms with Crippen molar-refractivity contribution in [1.29, 1.82) is 0 Å². The Labute approximate surface area is 271 Å². The van der Waals surface area contributed by atoms with Crippen LogP contribution in [-0.4, -0.2) is 85.2 Å². The lowest BCUT2D eigenvalue weighted by molar-refractivity contribution is -0.147. The number of likely N-dealkylation sites (tertiary alicyclic amines) is 1. The fraction of sp³-hybridized carbons (Fsp3) is 0.515. The highest BCUT2D eigenvalue weighted by Gasteiger charge is 2.29. The Balaban J connectivity index is 0.00000705. The predicted molar refractivity (Wildman–Crippen MR) is 173 cm³/mol. The monoisotopic (exact) mass is 646 g/mol. The number of esters is 1. The lowest BCUT2D eigenvalue weighted by Gasteiger charge is -2.29. The summed E-state index contributed by atoms with van der Waals surface area (Å²) in [5, 5.41) is 20.0. The SMILES string of the molecule is CCOC(=O)CC(=O)NC(CCC(=O)N1CCCCC1)C(=O)NC(Cc1ccccc1)C(O)CNCc1cccc(OC)c1.Cl. The van der Waals surface area contributed by atoms with Crippen LogP contribution in [0.2, 0.25) is 0 Å². The number of methoxy groups -OCH3 is 1. The quantitative estimate of drug-likeness (QED) is 0.152. The summed E-state index contributed by atoms with van der Waals surface area (Å²) < 4.78 is 10.1. The van der Waals surface area contributed by atoms with E-state index in [1.165, 1.54) is 0 Å². The Morgan fingerprint density at radius 3 is 2.36 bits per heavy atom. The number of amides is 3. The van der Waals surface area contributed by atoms with E-state index >= 15 is 0 Å². The van der Waals surface area contributed by atoms with Crippen molar-refractivity contribution in [2.75, 3.05) is 33.4 Å². The fourth-order valence-electron chi connectivity index (χ4n) is 5.15. The second-order valence-corrected chi connectivity index (χ2v) is 10.9. The molecule has 0 aromatic heterocycles. The summed E-state index contributed by atoms with van der Waals surface area (Å²) in [6, 6.07) is 15.3. The predicted octanol–water partition coefficient (Wildman–Crippen LogP) is 2.53. The summed E-state index contributed by atoms with van der Waals surface area (Å²) in [4.78, 5) is 52.9. The molecule has 0 spiro atoms. The molecule has 2 aromatic rings. The van der Waals surface area contributed by atoms with Crippen molar-refractivity contribution < 1.29 is 33.8 Å². The smallest absolute Gasteiger partial charge is 0.315 e. The third-order valence-electron chi connectivity index (χ3n) is 7.52. The van der Waals surface area contributed by atoms with E-state index in [1.807, 2.05) is 54.6 Å². The Morgan fingerprint density at radius 1 is 0.956 bits per heavy atom. The molecular weight excluding hydrogens is 600 g/mol. The molecule has 1 aliphatic rings. The Kier molecular flexibility index (Phi) is 17.0. The summed E-state index contributed by atoms with van der Waals surface area (Å²) >= 11 is 0. The molecule has 2 aromatic carbocycles. The Hall–Kier alpha value is -3.67. The van der Waals surface area contributed by atoms with Gasteiger partial charge in [0.1, 0.15) is 18.2 Å². The molecule has 4 N–H and O–H groups in total. The molecule has 1 aliphatic heterocycles. The fourth-order valence-corrected chi connectivity index (χ4v) is 5.15. The molecule has 1 fully saturated rings. The zero-order valence-corrected chi connectivity index (χ0v) is 27.0. The first kappa shape index (κ1) is 37.5. The maximum atomic E-state index is 13.6. The lowest BCUT2D eigenvalue weighted by atomic mass is 9.99. The second kappa shape index (κ2) is 20.4. The molecule has 0 bridgehead atoms. The topological polar surface area (TPSA) is 146 Å². The van der Waals surface area contributed by atoms with Gasteiger partial charge in [-0.3, -0.25) is 19.2 Å². The van der Waals surface area contributed by atoms with E-state index in [1.54, 1.807) is 18.9 Å². The normalized spacial score (nSPS) is 14.7. The number of halogens is 1. The first-order chi connectivity index (χ1) is 21.3. The first-order valence-electron chi connectivity index (χ1n) is 15.4. The van der Waals surface area contributed by atoms with Crippen molar-refractivity contribution in [3.63, 3.8) is 0 Å². The molecule has 12 heteroatoms. The van der Waals surface area contributed by atoms with E-state index in [-0.39, 0.29) is 44.3 Å².